The Bertz CT molecular complexity index is 1410. The Hall–Kier alpha value is -0.320. The van der Waals surface area contributed by atoms with Gasteiger partial charge >= 0.3 is 0 Å². The van der Waals surface area contributed by atoms with Gasteiger partial charge in [-0.15, -0.1) is 0 Å². The van der Waals surface area contributed by atoms with E-state index in [-0.39, 0.29) is 37.9 Å². The number of aliphatic hydroxyl groups excluding tert-OH is 5. The van der Waals surface area contributed by atoms with E-state index in [4.69, 9.17) is 19.3 Å². The molecule has 6 aliphatic carbocycles. The molecular weight excluding hydrogens is 981 g/mol. The summed E-state index contributed by atoms with van der Waals surface area (Å²) in [6, 6.07) is 0. The third-order valence-electron chi connectivity index (χ3n) is 21.1. The highest BCUT2D eigenvalue weighted by atomic mass is 16.5. The molecule has 3 aliphatic heterocycles. The van der Waals surface area contributed by atoms with Crippen LogP contribution in [0.5, 0.6) is 0 Å². The summed E-state index contributed by atoms with van der Waals surface area (Å²) in [4.78, 5) is 0. The molecule has 9 aliphatic rings. The van der Waals surface area contributed by atoms with E-state index in [2.05, 4.69) is 125 Å². The van der Waals surface area contributed by atoms with E-state index in [1.165, 1.54) is 89.9 Å². The molecule has 9 rings (SSSR count). The Labute approximate surface area is 493 Å². The average Bonchev–Trinajstić information content (AvgIpc) is 3.66. The van der Waals surface area contributed by atoms with Crippen molar-refractivity contribution in [1.29, 1.82) is 0 Å². The molecule has 79 heavy (non-hydrogen) atoms. The van der Waals surface area contributed by atoms with Crippen LogP contribution in [0.4, 0.5) is 0 Å². The quantitative estimate of drug-likeness (QED) is 0.152. The van der Waals surface area contributed by atoms with Crippen LogP contribution < -0.4 is 0 Å². The van der Waals surface area contributed by atoms with Gasteiger partial charge in [0.25, 0.3) is 0 Å². The largest absolute Gasteiger partial charge is 0.393 e. The standard InChI is InChI=1S/2C10H20O.C10H18.C9H18O.C8H16O2.2C8H16O.C7H14O.CH4/c1-8(2)9-5-6-11-7-10(9,3)4;1-8(2)9-6-4-3-5-7-10(9)11;1-8(2)9-6-10(7-9)4-3-5-10;1-7(2)8-5-3-4-6-9(8)10;1-6(2)7-3-4-10-5-8(7)9;1-7(2)8-3-5-9-6-4-8;1-6(2)7-4-3-5-8(7)9;1-5(2)6-3-4-7(6)8;/h8-9H,5-7H2,1-4H3;8-11H,3-7H2,1-2H3;8-9H,3-7H2,1-2H3;7-10H,3-6H2,1-2H3;6-9H,3-5H2,1-2H3;7-8H,3-6H2,1-2H3;6-9H,3-5H2,1-2H3;5-8H,3-4H2,1-2H3;1H4/t;9-,10+;;8-,9+;7-,8+;;7-,8+;6?,7-;/m.0.00.01./s1. The van der Waals surface area contributed by atoms with Gasteiger partial charge in [-0.2, -0.15) is 0 Å². The van der Waals surface area contributed by atoms with Crippen LogP contribution in [0.25, 0.3) is 0 Å². The molecule has 0 aromatic carbocycles. The lowest BCUT2D eigenvalue weighted by atomic mass is 9.50. The SMILES string of the molecule is C.CC(C)C1CC2(CCC2)C1.CC(C)C1CCOCC1.CC(C)C1CCOCC1(C)C.CC(C)C1CC[C@H]1O.CC(C)[C@@H]1CCCCC[C@H]1O.CC(C)[C@@H]1CCCC[C@H]1O.CC(C)[C@@H]1CCC[C@H]1O.CC(C)[C@@H]1CCOC[C@H]1O. The fraction of sp³-hybridized carbons (Fsp3) is 1.00. The van der Waals surface area contributed by atoms with Gasteiger partial charge in [0, 0.05) is 26.4 Å². The Kier molecular flexibility index (Phi) is 39.0. The third kappa shape index (κ3) is 28.6. The van der Waals surface area contributed by atoms with E-state index >= 15 is 0 Å². The summed E-state index contributed by atoms with van der Waals surface area (Å²) in [5.74, 6) is 11.5. The third-order valence-corrected chi connectivity index (χ3v) is 21.1. The van der Waals surface area contributed by atoms with E-state index in [9.17, 15) is 20.4 Å². The summed E-state index contributed by atoms with van der Waals surface area (Å²) < 4.78 is 15.8. The molecule has 0 amide bonds. The maximum atomic E-state index is 9.72. The van der Waals surface area contributed by atoms with E-state index in [0.29, 0.717) is 71.2 Å². The van der Waals surface area contributed by atoms with Gasteiger partial charge < -0.3 is 39.7 Å². The van der Waals surface area contributed by atoms with E-state index in [1.807, 2.05) is 0 Å². The first kappa shape index (κ1) is 76.7. The van der Waals surface area contributed by atoms with E-state index < -0.39 is 0 Å². The number of hydrogen-bond donors (Lipinski definition) is 5. The fourth-order valence-electron chi connectivity index (χ4n) is 14.8. The van der Waals surface area contributed by atoms with Gasteiger partial charge in [-0.1, -0.05) is 177 Å². The Morgan fingerprint density at radius 2 is 0.709 bits per heavy atom. The van der Waals surface area contributed by atoms with Crippen LogP contribution in [-0.2, 0) is 14.2 Å². The number of hydrogen-bond acceptors (Lipinski definition) is 8. The molecule has 0 aromatic heterocycles. The summed E-state index contributed by atoms with van der Waals surface area (Å²) in [5, 5.41) is 47.1. The van der Waals surface area contributed by atoms with Crippen molar-refractivity contribution in [2.45, 2.75) is 310 Å². The Morgan fingerprint density at radius 1 is 0.329 bits per heavy atom. The maximum absolute atomic E-state index is 9.72. The predicted molar refractivity (Wildman–Crippen MR) is 338 cm³/mol. The molecular formula is C71H142O8. The maximum Gasteiger partial charge on any atom is 0.0805 e. The zero-order valence-electron chi connectivity index (χ0n) is 55.1. The predicted octanol–water partition coefficient (Wildman–Crippen LogP) is 17.7. The first-order chi connectivity index (χ1) is 36.6. The van der Waals surface area contributed by atoms with Crippen LogP contribution in [-0.4, -0.2) is 95.7 Å². The van der Waals surface area contributed by atoms with Crippen molar-refractivity contribution in [2.24, 2.45) is 106 Å². The van der Waals surface area contributed by atoms with E-state index in [1.54, 1.807) is 25.7 Å². The number of ether oxygens (including phenoxy) is 3. The fourth-order valence-corrected chi connectivity index (χ4v) is 14.8. The van der Waals surface area contributed by atoms with Gasteiger partial charge in [-0.25, -0.2) is 0 Å². The monoisotopic (exact) mass is 1120 g/mol. The second-order valence-electron chi connectivity index (χ2n) is 30.3. The van der Waals surface area contributed by atoms with E-state index in [0.717, 1.165) is 106 Å². The topological polar surface area (TPSA) is 129 Å². The van der Waals surface area contributed by atoms with Crippen molar-refractivity contribution in [2.75, 3.05) is 39.6 Å². The van der Waals surface area contributed by atoms with Crippen molar-refractivity contribution < 1.29 is 39.7 Å². The molecule has 474 valence electrons. The summed E-state index contributed by atoms with van der Waals surface area (Å²) >= 11 is 0. The minimum absolute atomic E-state index is 0. The lowest BCUT2D eigenvalue weighted by Gasteiger charge is -2.55. The van der Waals surface area contributed by atoms with Crippen molar-refractivity contribution >= 4 is 0 Å². The summed E-state index contributed by atoms with van der Waals surface area (Å²) in [6.07, 6.45) is 29.0. The second kappa shape index (κ2) is 40.1. The minimum Gasteiger partial charge on any atom is -0.393 e. The molecule has 8 heteroatoms. The zero-order chi connectivity index (χ0) is 58.8. The first-order valence-electron chi connectivity index (χ1n) is 33.8. The number of aliphatic hydroxyl groups is 5. The molecule has 5 N–H and O–H groups in total. The van der Waals surface area contributed by atoms with Crippen LogP contribution in [0.2, 0.25) is 0 Å². The highest BCUT2D eigenvalue weighted by molar-refractivity contribution is 4.99. The minimum atomic E-state index is -0.228. The average molecular weight is 1120 g/mol. The molecule has 6 saturated carbocycles. The van der Waals surface area contributed by atoms with Crippen LogP contribution >= 0.6 is 0 Å². The van der Waals surface area contributed by atoms with Crippen LogP contribution in [0, 0.1) is 106 Å². The van der Waals surface area contributed by atoms with Gasteiger partial charge in [-0.05, 0) is 208 Å². The molecule has 1 spiro atoms. The van der Waals surface area contributed by atoms with Gasteiger partial charge in [-0.3, -0.25) is 0 Å². The summed E-state index contributed by atoms with van der Waals surface area (Å²) in [7, 11) is 0. The van der Waals surface area contributed by atoms with Crippen LogP contribution in [0.15, 0.2) is 0 Å². The zero-order valence-corrected chi connectivity index (χ0v) is 55.1. The highest BCUT2D eigenvalue weighted by Crippen LogP contribution is 2.60. The van der Waals surface area contributed by atoms with Crippen LogP contribution in [0.1, 0.15) is 280 Å². The molecule has 0 bridgehead atoms. The molecule has 2 unspecified atom stereocenters. The molecule has 3 heterocycles. The Morgan fingerprint density at radius 3 is 1.03 bits per heavy atom. The summed E-state index contributed by atoms with van der Waals surface area (Å²) in [6.45, 7) is 45.7. The summed E-state index contributed by atoms with van der Waals surface area (Å²) in [5.41, 5.74) is 1.29. The normalized spacial score (nSPS) is 32.2. The first-order valence-corrected chi connectivity index (χ1v) is 33.8. The van der Waals surface area contributed by atoms with Crippen molar-refractivity contribution in [3.63, 3.8) is 0 Å². The lowest BCUT2D eigenvalue weighted by molar-refractivity contribution is -0.0572. The Balaban J connectivity index is 0.000000451. The van der Waals surface area contributed by atoms with Crippen molar-refractivity contribution in [3.05, 3.63) is 0 Å². The smallest absolute Gasteiger partial charge is 0.0805 e. The van der Waals surface area contributed by atoms with Gasteiger partial charge in [0.05, 0.1) is 43.7 Å². The molecule has 0 aromatic rings. The molecule has 0 radical (unpaired) electrons. The van der Waals surface area contributed by atoms with Gasteiger partial charge in [0.15, 0.2) is 0 Å². The van der Waals surface area contributed by atoms with Crippen molar-refractivity contribution in [1.82, 2.24) is 0 Å². The second-order valence-corrected chi connectivity index (χ2v) is 30.3. The van der Waals surface area contributed by atoms with Crippen LogP contribution in [0.3, 0.4) is 0 Å². The molecule has 9 fully saturated rings. The number of rotatable bonds is 8. The highest BCUT2D eigenvalue weighted by Gasteiger charge is 2.48. The molecule has 11 atom stereocenters. The lowest BCUT2D eigenvalue weighted by Crippen LogP contribution is -2.44. The van der Waals surface area contributed by atoms with Gasteiger partial charge in [0.2, 0.25) is 0 Å². The molecule has 3 saturated heterocycles. The van der Waals surface area contributed by atoms with Crippen molar-refractivity contribution in [3.8, 4) is 0 Å². The van der Waals surface area contributed by atoms with Gasteiger partial charge in [0.1, 0.15) is 0 Å². The molecule has 8 nitrogen and oxygen atoms in total.